The van der Waals surface area contributed by atoms with Gasteiger partial charge in [0.2, 0.25) is 5.91 Å². The van der Waals surface area contributed by atoms with Crippen LogP contribution in [0.4, 0.5) is 0 Å². The van der Waals surface area contributed by atoms with Gasteiger partial charge in [-0.05, 0) is 18.2 Å². The molecule has 2 rings (SSSR count). The molecule has 16 heavy (non-hydrogen) atoms. The number of amides is 1. The Labute approximate surface area is 102 Å². The van der Waals surface area contributed by atoms with E-state index >= 15 is 0 Å². The van der Waals surface area contributed by atoms with Gasteiger partial charge in [-0.15, -0.1) is 0 Å². The molecule has 0 aliphatic carbocycles. The number of nitrogens with one attached hydrogen (secondary N) is 1. The molecule has 1 aliphatic rings. The third-order valence-corrected chi connectivity index (χ3v) is 2.87. The van der Waals surface area contributed by atoms with E-state index in [9.17, 15) is 4.79 Å². The van der Waals surface area contributed by atoms with Crippen LogP contribution in [0.25, 0.3) is 0 Å². The SMILES string of the molecule is COc1ccc(Br)cc1C1=NNC(=O)CC1. The van der Waals surface area contributed by atoms with Crippen LogP contribution in [0.2, 0.25) is 0 Å². The molecule has 0 saturated carbocycles. The molecule has 0 spiro atoms. The molecular weight excluding hydrogens is 272 g/mol. The molecule has 1 aliphatic heterocycles. The van der Waals surface area contributed by atoms with Crippen molar-refractivity contribution < 1.29 is 9.53 Å². The molecule has 0 aromatic heterocycles. The number of hydrogen-bond acceptors (Lipinski definition) is 3. The first-order chi connectivity index (χ1) is 7.70. The minimum absolute atomic E-state index is 0.0438. The van der Waals surface area contributed by atoms with Crippen molar-refractivity contribution in [3.05, 3.63) is 28.2 Å². The van der Waals surface area contributed by atoms with Crippen LogP contribution in [0.3, 0.4) is 0 Å². The molecule has 0 radical (unpaired) electrons. The summed E-state index contributed by atoms with van der Waals surface area (Å²) in [5.74, 6) is 0.718. The van der Waals surface area contributed by atoms with Crippen molar-refractivity contribution in [2.75, 3.05) is 7.11 Å². The van der Waals surface area contributed by atoms with Gasteiger partial charge >= 0.3 is 0 Å². The predicted octanol–water partition coefficient (Wildman–Crippen LogP) is 2.07. The van der Waals surface area contributed by atoms with Crippen LogP contribution in [0.15, 0.2) is 27.8 Å². The van der Waals surface area contributed by atoms with Gasteiger partial charge in [0.25, 0.3) is 0 Å². The van der Waals surface area contributed by atoms with Crippen molar-refractivity contribution in [2.24, 2.45) is 5.10 Å². The third-order valence-electron chi connectivity index (χ3n) is 2.38. The first-order valence-corrected chi connectivity index (χ1v) is 5.69. The lowest BCUT2D eigenvalue weighted by molar-refractivity contribution is -0.121. The number of methoxy groups -OCH3 is 1. The first kappa shape index (κ1) is 11.1. The predicted molar refractivity (Wildman–Crippen MR) is 64.6 cm³/mol. The Morgan fingerprint density at radius 3 is 2.88 bits per heavy atom. The Hall–Kier alpha value is -1.36. The van der Waals surface area contributed by atoms with Crippen LogP contribution < -0.4 is 10.2 Å². The highest BCUT2D eigenvalue weighted by Gasteiger charge is 2.16. The van der Waals surface area contributed by atoms with Gasteiger partial charge in [-0.3, -0.25) is 4.79 Å². The summed E-state index contributed by atoms with van der Waals surface area (Å²) in [4.78, 5) is 11.0. The van der Waals surface area contributed by atoms with Gasteiger partial charge in [-0.1, -0.05) is 15.9 Å². The van der Waals surface area contributed by atoms with Crippen molar-refractivity contribution >= 4 is 27.5 Å². The van der Waals surface area contributed by atoms with E-state index < -0.39 is 0 Å². The monoisotopic (exact) mass is 282 g/mol. The minimum atomic E-state index is -0.0438. The van der Waals surface area contributed by atoms with E-state index in [1.807, 2.05) is 18.2 Å². The van der Waals surface area contributed by atoms with Crippen molar-refractivity contribution in [3.8, 4) is 5.75 Å². The number of rotatable bonds is 2. The fraction of sp³-hybridized carbons (Fsp3) is 0.273. The number of carbonyl (C=O) groups is 1. The quantitative estimate of drug-likeness (QED) is 0.903. The number of nitrogens with zero attached hydrogens (tertiary/aromatic N) is 1. The molecule has 1 N–H and O–H groups in total. The van der Waals surface area contributed by atoms with Crippen LogP contribution in [-0.2, 0) is 4.79 Å². The van der Waals surface area contributed by atoms with E-state index in [0.29, 0.717) is 12.8 Å². The standard InChI is InChI=1S/C11H11BrN2O2/c1-16-10-4-2-7(12)6-8(10)9-3-5-11(15)14-13-9/h2,4,6H,3,5H2,1H3,(H,14,15). The lowest BCUT2D eigenvalue weighted by Gasteiger charge is -2.15. The van der Waals surface area contributed by atoms with Crippen LogP contribution in [0.5, 0.6) is 5.75 Å². The number of ether oxygens (including phenoxy) is 1. The smallest absolute Gasteiger partial charge is 0.240 e. The number of hydrogen-bond donors (Lipinski definition) is 1. The molecular formula is C11H11BrN2O2. The van der Waals surface area contributed by atoms with E-state index in [-0.39, 0.29) is 5.91 Å². The third kappa shape index (κ3) is 2.24. The normalized spacial score (nSPS) is 15.4. The van der Waals surface area contributed by atoms with Crippen molar-refractivity contribution in [3.63, 3.8) is 0 Å². The average Bonchev–Trinajstić information content (AvgIpc) is 2.30. The van der Waals surface area contributed by atoms with Gasteiger partial charge in [0.1, 0.15) is 5.75 Å². The highest BCUT2D eigenvalue weighted by molar-refractivity contribution is 9.10. The van der Waals surface area contributed by atoms with E-state index in [1.165, 1.54) is 0 Å². The maximum Gasteiger partial charge on any atom is 0.240 e. The fourth-order valence-electron chi connectivity index (χ4n) is 1.57. The van der Waals surface area contributed by atoms with Crippen LogP contribution >= 0.6 is 15.9 Å². The number of benzene rings is 1. The molecule has 0 atom stereocenters. The van der Waals surface area contributed by atoms with Crippen molar-refractivity contribution in [1.29, 1.82) is 0 Å². The fourth-order valence-corrected chi connectivity index (χ4v) is 1.94. The van der Waals surface area contributed by atoms with E-state index in [1.54, 1.807) is 7.11 Å². The summed E-state index contributed by atoms with van der Waals surface area (Å²) in [5, 5.41) is 4.05. The molecule has 1 aromatic rings. The lowest BCUT2D eigenvalue weighted by Crippen LogP contribution is -2.26. The molecule has 1 heterocycles. The van der Waals surface area contributed by atoms with Crippen LogP contribution in [0, 0.1) is 0 Å². The topological polar surface area (TPSA) is 50.7 Å². The molecule has 0 bridgehead atoms. The minimum Gasteiger partial charge on any atom is -0.496 e. The highest BCUT2D eigenvalue weighted by Crippen LogP contribution is 2.25. The summed E-state index contributed by atoms with van der Waals surface area (Å²) in [5.41, 5.74) is 4.24. The lowest BCUT2D eigenvalue weighted by atomic mass is 10.0. The Balaban J connectivity index is 2.39. The zero-order valence-electron chi connectivity index (χ0n) is 8.79. The van der Waals surface area contributed by atoms with E-state index in [2.05, 4.69) is 26.5 Å². The number of halogens is 1. The molecule has 4 nitrogen and oxygen atoms in total. The summed E-state index contributed by atoms with van der Waals surface area (Å²) in [6.07, 6.45) is 1.10. The number of hydrazone groups is 1. The van der Waals surface area contributed by atoms with Gasteiger partial charge < -0.3 is 4.74 Å². The molecule has 0 unspecified atom stereocenters. The highest BCUT2D eigenvalue weighted by atomic mass is 79.9. The first-order valence-electron chi connectivity index (χ1n) is 4.90. The molecule has 84 valence electrons. The van der Waals surface area contributed by atoms with Gasteiger partial charge in [-0.25, -0.2) is 5.43 Å². The Kier molecular flexibility index (Phi) is 3.24. The summed E-state index contributed by atoms with van der Waals surface area (Å²) >= 11 is 3.41. The summed E-state index contributed by atoms with van der Waals surface area (Å²) < 4.78 is 6.23. The molecule has 5 heteroatoms. The zero-order chi connectivity index (χ0) is 11.5. The zero-order valence-corrected chi connectivity index (χ0v) is 10.4. The van der Waals surface area contributed by atoms with Crippen molar-refractivity contribution in [1.82, 2.24) is 5.43 Å². The molecule has 0 saturated heterocycles. The summed E-state index contributed by atoms with van der Waals surface area (Å²) in [6.45, 7) is 0. The second-order valence-corrected chi connectivity index (χ2v) is 4.35. The molecule has 1 amide bonds. The number of carbonyl (C=O) groups excluding carboxylic acids is 1. The second-order valence-electron chi connectivity index (χ2n) is 3.44. The maximum absolute atomic E-state index is 11.0. The van der Waals surface area contributed by atoms with E-state index in [0.717, 1.165) is 21.5 Å². The average molecular weight is 283 g/mol. The van der Waals surface area contributed by atoms with Gasteiger partial charge in [0.15, 0.2) is 0 Å². The van der Waals surface area contributed by atoms with Crippen LogP contribution in [0.1, 0.15) is 18.4 Å². The van der Waals surface area contributed by atoms with Gasteiger partial charge in [-0.2, -0.15) is 5.10 Å². The summed E-state index contributed by atoms with van der Waals surface area (Å²) in [7, 11) is 1.62. The van der Waals surface area contributed by atoms with Crippen molar-refractivity contribution in [2.45, 2.75) is 12.8 Å². The second kappa shape index (κ2) is 4.65. The molecule has 1 aromatic carbocycles. The largest absolute Gasteiger partial charge is 0.496 e. The van der Waals surface area contributed by atoms with E-state index in [4.69, 9.17) is 4.74 Å². The van der Waals surface area contributed by atoms with Gasteiger partial charge in [0, 0.05) is 22.9 Å². The summed E-state index contributed by atoms with van der Waals surface area (Å²) in [6, 6.07) is 5.72. The Morgan fingerprint density at radius 1 is 1.44 bits per heavy atom. The Bertz CT molecular complexity index is 457. The Morgan fingerprint density at radius 2 is 2.25 bits per heavy atom. The molecule has 0 fully saturated rings. The maximum atomic E-state index is 11.0. The van der Waals surface area contributed by atoms with Crippen LogP contribution in [-0.4, -0.2) is 18.7 Å². The van der Waals surface area contributed by atoms with Gasteiger partial charge in [0.05, 0.1) is 12.8 Å².